The van der Waals surface area contributed by atoms with Gasteiger partial charge in [0.1, 0.15) is 0 Å². The number of nitrogens with one attached hydrogen (secondary N) is 2. The quantitative estimate of drug-likeness (QED) is 0.647. The third kappa shape index (κ3) is 8.62. The molecule has 0 bridgehead atoms. The number of aromatic nitrogens is 1. The number of hydrogen-bond acceptors (Lipinski definition) is 3. The lowest BCUT2D eigenvalue weighted by atomic mass is 10.0. The second-order valence-corrected chi connectivity index (χ2v) is 5.12. The molecule has 116 valence electrons. The first-order valence-corrected chi connectivity index (χ1v) is 7.20. The number of pyridine rings is 1. The number of amides is 2. The molecule has 1 unspecified atom stereocenters. The molecule has 1 aromatic rings. The average Bonchev–Trinajstić information content (AvgIpc) is 2.46. The van der Waals surface area contributed by atoms with Crippen molar-refractivity contribution in [2.45, 2.75) is 32.6 Å². The second-order valence-electron chi connectivity index (χ2n) is 5.12. The molecule has 0 fully saturated rings. The van der Waals surface area contributed by atoms with Gasteiger partial charge < -0.3 is 15.7 Å². The summed E-state index contributed by atoms with van der Waals surface area (Å²) in [4.78, 5) is 26.0. The molecule has 0 aromatic carbocycles. The Bertz CT molecular complexity index is 437. The Morgan fingerprint density at radius 2 is 2.05 bits per heavy atom. The Balaban J connectivity index is 2.05. The van der Waals surface area contributed by atoms with E-state index in [9.17, 15) is 9.59 Å². The molecule has 0 saturated heterocycles. The highest BCUT2D eigenvalue weighted by molar-refractivity contribution is 5.73. The highest BCUT2D eigenvalue weighted by atomic mass is 16.4. The Morgan fingerprint density at radius 1 is 1.29 bits per heavy atom. The van der Waals surface area contributed by atoms with Gasteiger partial charge in [-0.05, 0) is 36.8 Å². The van der Waals surface area contributed by atoms with Gasteiger partial charge in [-0.2, -0.15) is 0 Å². The second kappa shape index (κ2) is 9.74. The molecule has 6 nitrogen and oxygen atoms in total. The maximum atomic E-state index is 11.5. The number of carboxylic acid groups (broad SMARTS) is 1. The Morgan fingerprint density at radius 3 is 2.71 bits per heavy atom. The van der Waals surface area contributed by atoms with E-state index in [-0.39, 0.29) is 18.4 Å². The molecule has 1 atom stereocenters. The van der Waals surface area contributed by atoms with Crippen LogP contribution in [0.3, 0.4) is 0 Å². The van der Waals surface area contributed by atoms with Gasteiger partial charge in [0.2, 0.25) is 0 Å². The molecule has 0 spiro atoms. The van der Waals surface area contributed by atoms with Crippen LogP contribution in [0.15, 0.2) is 24.5 Å². The van der Waals surface area contributed by atoms with Crippen LogP contribution in [0.1, 0.15) is 31.7 Å². The molecule has 21 heavy (non-hydrogen) atoms. The van der Waals surface area contributed by atoms with Crippen molar-refractivity contribution in [1.29, 1.82) is 0 Å². The normalized spacial score (nSPS) is 11.7. The zero-order valence-corrected chi connectivity index (χ0v) is 12.3. The highest BCUT2D eigenvalue weighted by Gasteiger charge is 2.06. The summed E-state index contributed by atoms with van der Waals surface area (Å²) in [5, 5.41) is 14.1. The number of carbonyl (C=O) groups excluding carboxylic acids is 1. The van der Waals surface area contributed by atoms with Gasteiger partial charge in [-0.1, -0.05) is 13.0 Å². The van der Waals surface area contributed by atoms with E-state index in [1.165, 1.54) is 0 Å². The van der Waals surface area contributed by atoms with E-state index in [1.807, 2.05) is 19.1 Å². The molecule has 0 aliphatic rings. The average molecular weight is 293 g/mol. The third-order valence-electron chi connectivity index (χ3n) is 3.20. The highest BCUT2D eigenvalue weighted by Crippen LogP contribution is 2.08. The van der Waals surface area contributed by atoms with E-state index >= 15 is 0 Å². The third-order valence-corrected chi connectivity index (χ3v) is 3.20. The van der Waals surface area contributed by atoms with E-state index in [2.05, 4.69) is 15.6 Å². The lowest BCUT2D eigenvalue weighted by molar-refractivity contribution is -0.137. The maximum Gasteiger partial charge on any atom is 0.314 e. The van der Waals surface area contributed by atoms with Crippen molar-refractivity contribution >= 4 is 12.0 Å². The molecule has 2 amide bonds. The van der Waals surface area contributed by atoms with E-state index in [1.54, 1.807) is 12.4 Å². The molecule has 0 radical (unpaired) electrons. The lowest BCUT2D eigenvalue weighted by Gasteiger charge is -2.11. The predicted molar refractivity (Wildman–Crippen MR) is 80.0 cm³/mol. The van der Waals surface area contributed by atoms with Crippen LogP contribution in [0.4, 0.5) is 4.79 Å². The van der Waals surface area contributed by atoms with Crippen molar-refractivity contribution in [1.82, 2.24) is 15.6 Å². The van der Waals surface area contributed by atoms with Gasteiger partial charge in [-0.25, -0.2) is 4.79 Å². The van der Waals surface area contributed by atoms with Crippen molar-refractivity contribution in [3.8, 4) is 0 Å². The van der Waals surface area contributed by atoms with Crippen molar-refractivity contribution in [2.24, 2.45) is 5.92 Å². The van der Waals surface area contributed by atoms with Crippen LogP contribution in [-0.2, 0) is 11.2 Å². The number of carbonyl (C=O) groups is 2. The van der Waals surface area contributed by atoms with Crippen molar-refractivity contribution < 1.29 is 14.7 Å². The molecule has 0 aliphatic carbocycles. The molecule has 1 rings (SSSR count). The number of aliphatic carboxylic acids is 1. The standard InChI is InChI=1S/C15H23N3O3/c1-12(4-5-14(19)20)6-9-17-15(21)18-10-7-13-3-2-8-16-11-13/h2-3,8,11-12H,4-7,9-10H2,1H3,(H,19,20)(H2,17,18,21). The summed E-state index contributed by atoms with van der Waals surface area (Å²) in [5.74, 6) is -0.486. The van der Waals surface area contributed by atoms with Crippen LogP contribution >= 0.6 is 0 Å². The van der Waals surface area contributed by atoms with Gasteiger partial charge in [0.05, 0.1) is 0 Å². The zero-order valence-electron chi connectivity index (χ0n) is 12.3. The number of nitrogens with zero attached hydrogens (tertiary/aromatic N) is 1. The molecule has 6 heteroatoms. The smallest absolute Gasteiger partial charge is 0.314 e. The van der Waals surface area contributed by atoms with E-state index < -0.39 is 5.97 Å². The Kier molecular flexibility index (Phi) is 7.86. The minimum absolute atomic E-state index is 0.179. The molecule has 1 aromatic heterocycles. The summed E-state index contributed by atoms with van der Waals surface area (Å²) in [7, 11) is 0. The summed E-state index contributed by atoms with van der Waals surface area (Å²) in [6, 6.07) is 3.65. The predicted octanol–water partition coefficient (Wildman–Crippen LogP) is 1.81. The minimum atomic E-state index is -0.775. The van der Waals surface area contributed by atoms with Crippen LogP contribution < -0.4 is 10.6 Å². The Labute approximate surface area is 125 Å². The van der Waals surface area contributed by atoms with E-state index in [0.717, 1.165) is 18.4 Å². The van der Waals surface area contributed by atoms with Crippen LogP contribution in [0.5, 0.6) is 0 Å². The summed E-state index contributed by atoms with van der Waals surface area (Å²) in [6.45, 7) is 3.11. The molecular formula is C15H23N3O3. The first-order valence-electron chi connectivity index (χ1n) is 7.20. The summed E-state index contributed by atoms with van der Waals surface area (Å²) in [5.41, 5.74) is 1.08. The summed E-state index contributed by atoms with van der Waals surface area (Å²) < 4.78 is 0. The van der Waals surface area contributed by atoms with Crippen molar-refractivity contribution in [3.63, 3.8) is 0 Å². The molecule has 3 N–H and O–H groups in total. The van der Waals surface area contributed by atoms with Crippen LogP contribution in [0.25, 0.3) is 0 Å². The van der Waals surface area contributed by atoms with Gasteiger partial charge >= 0.3 is 12.0 Å². The molecule has 0 saturated carbocycles. The van der Waals surface area contributed by atoms with Crippen LogP contribution in [0, 0.1) is 5.92 Å². The number of rotatable bonds is 9. The fourth-order valence-electron chi connectivity index (χ4n) is 1.88. The van der Waals surface area contributed by atoms with Crippen molar-refractivity contribution in [3.05, 3.63) is 30.1 Å². The van der Waals surface area contributed by atoms with Crippen molar-refractivity contribution in [2.75, 3.05) is 13.1 Å². The van der Waals surface area contributed by atoms with E-state index in [4.69, 9.17) is 5.11 Å². The number of urea groups is 1. The maximum absolute atomic E-state index is 11.5. The first kappa shape index (κ1) is 16.9. The van der Waals surface area contributed by atoms with Gasteiger partial charge in [0.25, 0.3) is 0 Å². The van der Waals surface area contributed by atoms with Gasteiger partial charge in [0, 0.05) is 31.9 Å². The van der Waals surface area contributed by atoms with Crippen LogP contribution in [0.2, 0.25) is 0 Å². The van der Waals surface area contributed by atoms with Gasteiger partial charge in [0.15, 0.2) is 0 Å². The molecule has 0 aliphatic heterocycles. The summed E-state index contributed by atoms with van der Waals surface area (Å²) >= 11 is 0. The van der Waals surface area contributed by atoms with E-state index in [0.29, 0.717) is 19.5 Å². The fraction of sp³-hybridized carbons (Fsp3) is 0.533. The number of carboxylic acids is 1. The monoisotopic (exact) mass is 293 g/mol. The first-order chi connectivity index (χ1) is 10.1. The minimum Gasteiger partial charge on any atom is -0.481 e. The molecular weight excluding hydrogens is 270 g/mol. The Hall–Kier alpha value is -2.11. The zero-order chi connectivity index (χ0) is 15.5. The fourth-order valence-corrected chi connectivity index (χ4v) is 1.88. The SMILES string of the molecule is CC(CCNC(=O)NCCc1cccnc1)CCC(=O)O. The summed E-state index contributed by atoms with van der Waals surface area (Å²) in [6.07, 6.45) is 5.84. The largest absolute Gasteiger partial charge is 0.481 e. The van der Waals surface area contributed by atoms with Gasteiger partial charge in [-0.15, -0.1) is 0 Å². The number of hydrogen-bond donors (Lipinski definition) is 3. The topological polar surface area (TPSA) is 91.3 Å². The van der Waals surface area contributed by atoms with Gasteiger partial charge in [-0.3, -0.25) is 9.78 Å². The lowest BCUT2D eigenvalue weighted by Crippen LogP contribution is -2.37. The molecule has 1 heterocycles. The van der Waals surface area contributed by atoms with Crippen LogP contribution in [-0.4, -0.2) is 35.2 Å².